The molecule has 0 spiro atoms. The van der Waals surface area contributed by atoms with Gasteiger partial charge in [-0.1, -0.05) is 30.3 Å². The number of ether oxygens (including phenoxy) is 5. The van der Waals surface area contributed by atoms with E-state index in [0.717, 1.165) is 40.8 Å². The minimum atomic E-state index is -1.07. The maximum Gasteiger partial charge on any atom is 0.407 e. The molecule has 0 unspecified atom stereocenters. The van der Waals surface area contributed by atoms with Crippen molar-refractivity contribution in [2.24, 2.45) is 0 Å². The van der Waals surface area contributed by atoms with Gasteiger partial charge in [-0.2, -0.15) is 0 Å². The van der Waals surface area contributed by atoms with Crippen LogP contribution in [-0.2, 0) is 32.2 Å². The smallest absolute Gasteiger partial charge is 0.407 e. The van der Waals surface area contributed by atoms with E-state index in [9.17, 15) is 15.0 Å². The first-order valence-electron chi connectivity index (χ1n) is 14.2. The van der Waals surface area contributed by atoms with Gasteiger partial charge in [0.2, 0.25) is 0 Å². The average Bonchev–Trinajstić information content (AvgIpc) is 2.94. The van der Waals surface area contributed by atoms with Crippen LogP contribution in [-0.4, -0.2) is 86.1 Å². The van der Waals surface area contributed by atoms with Gasteiger partial charge in [-0.15, -0.1) is 0 Å². The number of carbonyl (C=O) groups is 1. The van der Waals surface area contributed by atoms with Gasteiger partial charge in [0.1, 0.15) is 11.4 Å². The molecule has 0 bridgehead atoms. The number of nitrogens with zero attached hydrogens (tertiary/aromatic N) is 1. The molecule has 9 heteroatoms. The van der Waals surface area contributed by atoms with Crippen molar-refractivity contribution in [3.05, 3.63) is 70.8 Å². The molecule has 1 saturated heterocycles. The standard InChI is InChI=1S/C32H43NO8/c1-32(2)17-25(6-5-13-37-3)26-16-23(9-12-28(26)41-32)21-40-29-19-33(31(35)36)18-27(34)30(29)24-10-7-22(8-11-24)20-39-15-14-38-4/h7-12,16-17,27,29-30,34H,5-6,13-15,18-21H2,1-4H3,(H,35,36)/t27-,29+,30+/m1/s1. The molecule has 1 amide bonds. The molecule has 1 fully saturated rings. The third kappa shape index (κ3) is 8.30. The number of aliphatic hydroxyl groups excluding tert-OH is 1. The zero-order valence-electron chi connectivity index (χ0n) is 24.5. The fraction of sp³-hybridized carbons (Fsp3) is 0.531. The van der Waals surface area contributed by atoms with Crippen LogP contribution in [0.4, 0.5) is 4.79 Å². The van der Waals surface area contributed by atoms with Crippen LogP contribution in [0.1, 0.15) is 54.9 Å². The van der Waals surface area contributed by atoms with Gasteiger partial charge in [0.05, 0.1) is 51.7 Å². The first kappa shape index (κ1) is 31.0. The molecule has 2 aromatic rings. The molecule has 0 aliphatic carbocycles. The number of allylic oxidation sites excluding steroid dienone is 1. The lowest BCUT2D eigenvalue weighted by molar-refractivity contribution is -0.0660. The molecule has 4 rings (SSSR count). The van der Waals surface area contributed by atoms with Gasteiger partial charge in [-0.25, -0.2) is 4.79 Å². The molecule has 3 atom stereocenters. The molecule has 2 N–H and O–H groups in total. The van der Waals surface area contributed by atoms with Gasteiger partial charge in [0.25, 0.3) is 0 Å². The third-order valence-corrected chi connectivity index (χ3v) is 7.50. The number of methoxy groups -OCH3 is 2. The molecule has 0 aromatic heterocycles. The van der Waals surface area contributed by atoms with E-state index in [4.69, 9.17) is 23.7 Å². The number of β-amino-alcohol motifs (C(OH)–C–C–N with tert-alkyl or cyclic N) is 1. The summed E-state index contributed by atoms with van der Waals surface area (Å²) in [6, 6.07) is 13.9. The van der Waals surface area contributed by atoms with E-state index in [1.54, 1.807) is 14.2 Å². The Morgan fingerprint density at radius 1 is 1.00 bits per heavy atom. The summed E-state index contributed by atoms with van der Waals surface area (Å²) in [6.45, 7) is 6.76. The van der Waals surface area contributed by atoms with E-state index in [-0.39, 0.29) is 25.6 Å². The van der Waals surface area contributed by atoms with Crippen molar-refractivity contribution in [1.29, 1.82) is 0 Å². The Morgan fingerprint density at radius 3 is 2.44 bits per heavy atom. The summed E-state index contributed by atoms with van der Waals surface area (Å²) in [4.78, 5) is 13.0. The lowest BCUT2D eigenvalue weighted by atomic mass is 9.84. The van der Waals surface area contributed by atoms with Crippen LogP contribution >= 0.6 is 0 Å². The number of fused-ring (bicyclic) bond motifs is 1. The SMILES string of the molecule is COCCCC1=CC(C)(C)Oc2ccc(CO[C@H]3CN(C(=O)O)C[C@@H](O)[C@@H]3c3ccc(COCCOC)cc3)cc21. The van der Waals surface area contributed by atoms with Crippen molar-refractivity contribution in [3.63, 3.8) is 0 Å². The predicted octanol–water partition coefficient (Wildman–Crippen LogP) is 4.85. The number of hydrogen-bond acceptors (Lipinski definition) is 7. The highest BCUT2D eigenvalue weighted by Crippen LogP contribution is 2.39. The number of likely N-dealkylation sites (tertiary alicyclic amines) is 1. The number of rotatable bonds is 13. The molecule has 2 aliphatic rings. The predicted molar refractivity (Wildman–Crippen MR) is 155 cm³/mol. The molecule has 0 saturated carbocycles. The lowest BCUT2D eigenvalue weighted by Crippen LogP contribution is -2.53. The minimum Gasteiger partial charge on any atom is -0.483 e. The summed E-state index contributed by atoms with van der Waals surface area (Å²) in [7, 11) is 3.34. The van der Waals surface area contributed by atoms with Crippen LogP contribution in [0.3, 0.4) is 0 Å². The lowest BCUT2D eigenvalue weighted by Gasteiger charge is -2.40. The van der Waals surface area contributed by atoms with Crippen molar-refractivity contribution < 1.29 is 38.7 Å². The van der Waals surface area contributed by atoms with E-state index in [1.165, 1.54) is 10.5 Å². The second-order valence-corrected chi connectivity index (χ2v) is 11.2. The molecule has 9 nitrogen and oxygen atoms in total. The molecular weight excluding hydrogens is 526 g/mol. The number of piperidine rings is 1. The van der Waals surface area contributed by atoms with Crippen molar-refractivity contribution in [2.75, 3.05) is 47.1 Å². The summed E-state index contributed by atoms with van der Waals surface area (Å²) < 4.78 is 28.5. The van der Waals surface area contributed by atoms with Gasteiger partial charge in [0, 0.05) is 32.3 Å². The molecule has 2 aliphatic heterocycles. The van der Waals surface area contributed by atoms with E-state index in [0.29, 0.717) is 26.4 Å². The highest BCUT2D eigenvalue weighted by molar-refractivity contribution is 5.74. The normalized spacial score (nSPS) is 21.6. The largest absolute Gasteiger partial charge is 0.483 e. The first-order chi connectivity index (χ1) is 19.7. The Bertz CT molecular complexity index is 1180. The summed E-state index contributed by atoms with van der Waals surface area (Å²) >= 11 is 0. The van der Waals surface area contributed by atoms with Gasteiger partial charge in [-0.05, 0) is 67.2 Å². The van der Waals surface area contributed by atoms with Crippen LogP contribution < -0.4 is 4.74 Å². The van der Waals surface area contributed by atoms with Crippen LogP contribution in [0, 0.1) is 0 Å². The zero-order chi connectivity index (χ0) is 29.4. The summed E-state index contributed by atoms with van der Waals surface area (Å²) in [5, 5.41) is 20.7. The Labute approximate surface area is 242 Å². The molecule has 41 heavy (non-hydrogen) atoms. The Morgan fingerprint density at radius 2 is 1.73 bits per heavy atom. The second kappa shape index (κ2) is 14.3. The molecular formula is C32H43NO8. The summed E-state index contributed by atoms with van der Waals surface area (Å²) in [5.41, 5.74) is 4.71. The molecule has 224 valence electrons. The van der Waals surface area contributed by atoms with E-state index in [1.807, 2.05) is 50.2 Å². The van der Waals surface area contributed by atoms with Crippen molar-refractivity contribution in [2.45, 2.75) is 63.6 Å². The maximum absolute atomic E-state index is 11.8. The third-order valence-electron chi connectivity index (χ3n) is 7.50. The van der Waals surface area contributed by atoms with Crippen LogP contribution in [0.25, 0.3) is 5.57 Å². The van der Waals surface area contributed by atoms with Gasteiger partial charge < -0.3 is 38.8 Å². The Balaban J connectivity index is 1.50. The van der Waals surface area contributed by atoms with E-state index in [2.05, 4.69) is 12.1 Å². The molecule has 0 radical (unpaired) electrons. The van der Waals surface area contributed by atoms with Gasteiger partial charge in [-0.3, -0.25) is 0 Å². The van der Waals surface area contributed by atoms with Gasteiger partial charge in [0.15, 0.2) is 0 Å². The maximum atomic E-state index is 11.8. The van der Waals surface area contributed by atoms with Crippen LogP contribution in [0.15, 0.2) is 48.5 Å². The van der Waals surface area contributed by atoms with Crippen molar-refractivity contribution in [3.8, 4) is 5.75 Å². The number of aliphatic hydroxyl groups is 1. The average molecular weight is 570 g/mol. The quantitative estimate of drug-likeness (QED) is 0.330. The number of benzene rings is 2. The summed E-state index contributed by atoms with van der Waals surface area (Å²) in [6.07, 6.45) is 1.45. The first-order valence-corrected chi connectivity index (χ1v) is 14.2. The fourth-order valence-corrected chi connectivity index (χ4v) is 5.54. The Kier molecular flexibility index (Phi) is 10.8. The second-order valence-electron chi connectivity index (χ2n) is 11.2. The van der Waals surface area contributed by atoms with Crippen molar-refractivity contribution in [1.82, 2.24) is 4.90 Å². The van der Waals surface area contributed by atoms with Crippen molar-refractivity contribution >= 4 is 11.7 Å². The highest BCUT2D eigenvalue weighted by Gasteiger charge is 2.39. The number of carboxylic acid groups (broad SMARTS) is 1. The van der Waals surface area contributed by atoms with Crippen LogP contribution in [0.2, 0.25) is 0 Å². The zero-order valence-corrected chi connectivity index (χ0v) is 24.5. The van der Waals surface area contributed by atoms with Crippen LogP contribution in [0.5, 0.6) is 5.75 Å². The summed E-state index contributed by atoms with van der Waals surface area (Å²) in [5.74, 6) is 0.461. The number of hydrogen-bond donors (Lipinski definition) is 2. The van der Waals surface area contributed by atoms with E-state index >= 15 is 0 Å². The van der Waals surface area contributed by atoms with E-state index < -0.39 is 23.9 Å². The number of amides is 1. The van der Waals surface area contributed by atoms with Gasteiger partial charge >= 0.3 is 6.09 Å². The molecule has 2 aromatic carbocycles. The topological polar surface area (TPSA) is 107 Å². The minimum absolute atomic E-state index is 0.0311. The Hall–Kier alpha value is -2.95. The molecule has 2 heterocycles. The fourth-order valence-electron chi connectivity index (χ4n) is 5.54. The monoisotopic (exact) mass is 569 g/mol. The highest BCUT2D eigenvalue weighted by atomic mass is 16.5.